The van der Waals surface area contributed by atoms with E-state index in [9.17, 15) is 4.39 Å². The van der Waals surface area contributed by atoms with Crippen molar-refractivity contribution in [2.45, 2.75) is 45.2 Å². The second-order valence-corrected chi connectivity index (χ2v) is 5.63. The summed E-state index contributed by atoms with van der Waals surface area (Å²) < 4.78 is 14.0. The molecular weight excluding hydrogens is 239 g/mol. The van der Waals surface area contributed by atoms with Gasteiger partial charge in [-0.05, 0) is 31.9 Å². The molecule has 3 heteroatoms. The minimum absolute atomic E-state index is 0.141. The van der Waals surface area contributed by atoms with Gasteiger partial charge in [0.15, 0.2) is 0 Å². The topological polar surface area (TPSA) is 27.0 Å². The summed E-state index contributed by atoms with van der Waals surface area (Å²) in [5.41, 5.74) is 0.766. The van der Waals surface area contributed by atoms with E-state index in [0.29, 0.717) is 24.1 Å². The van der Waals surface area contributed by atoms with E-state index in [4.69, 9.17) is 5.26 Å². The maximum absolute atomic E-state index is 14.0. The Bertz CT molecular complexity index is 478. The first-order chi connectivity index (χ1) is 9.13. The lowest BCUT2D eigenvalue weighted by atomic mass is 9.85. The Morgan fingerprint density at radius 2 is 2.11 bits per heavy atom. The van der Waals surface area contributed by atoms with Gasteiger partial charge in [0.05, 0.1) is 5.56 Å². The molecule has 1 fully saturated rings. The van der Waals surface area contributed by atoms with Gasteiger partial charge in [-0.3, -0.25) is 4.90 Å². The summed E-state index contributed by atoms with van der Waals surface area (Å²) in [6.07, 6.45) is 5.02. The summed E-state index contributed by atoms with van der Waals surface area (Å²) in [6, 6.07) is 7.50. The van der Waals surface area contributed by atoms with E-state index < -0.39 is 0 Å². The van der Waals surface area contributed by atoms with E-state index in [1.165, 1.54) is 31.7 Å². The molecule has 1 aromatic rings. The van der Waals surface area contributed by atoms with Crippen molar-refractivity contribution < 1.29 is 4.39 Å². The van der Waals surface area contributed by atoms with Gasteiger partial charge in [0, 0.05) is 18.2 Å². The zero-order chi connectivity index (χ0) is 13.8. The number of hydrogen-bond acceptors (Lipinski definition) is 2. The van der Waals surface area contributed by atoms with Gasteiger partial charge >= 0.3 is 0 Å². The van der Waals surface area contributed by atoms with E-state index in [0.717, 1.165) is 0 Å². The van der Waals surface area contributed by atoms with Gasteiger partial charge in [0.1, 0.15) is 11.9 Å². The van der Waals surface area contributed by atoms with Crippen molar-refractivity contribution in [3.8, 4) is 6.07 Å². The molecular formula is C16H21FN2. The Morgan fingerprint density at radius 3 is 2.79 bits per heavy atom. The van der Waals surface area contributed by atoms with Crippen molar-refractivity contribution in [2.75, 3.05) is 7.05 Å². The third-order valence-electron chi connectivity index (χ3n) is 4.25. The number of halogens is 1. The van der Waals surface area contributed by atoms with Gasteiger partial charge in [0.2, 0.25) is 0 Å². The number of benzene rings is 1. The lowest BCUT2D eigenvalue weighted by Crippen LogP contribution is -2.38. The summed E-state index contributed by atoms with van der Waals surface area (Å²) in [6.45, 7) is 2.86. The summed E-state index contributed by atoms with van der Waals surface area (Å²) >= 11 is 0. The molecule has 1 saturated carbocycles. The van der Waals surface area contributed by atoms with Crippen LogP contribution in [0.4, 0.5) is 4.39 Å². The fourth-order valence-electron chi connectivity index (χ4n) is 3.13. The van der Waals surface area contributed by atoms with Crippen molar-refractivity contribution >= 4 is 0 Å². The molecule has 2 unspecified atom stereocenters. The minimum Gasteiger partial charge on any atom is -0.299 e. The molecule has 0 spiro atoms. The molecule has 2 rings (SSSR count). The van der Waals surface area contributed by atoms with Gasteiger partial charge in [-0.15, -0.1) is 0 Å². The van der Waals surface area contributed by atoms with Crippen LogP contribution in [0.5, 0.6) is 0 Å². The lowest BCUT2D eigenvalue weighted by molar-refractivity contribution is 0.132. The van der Waals surface area contributed by atoms with Crippen LogP contribution >= 0.6 is 0 Å². The quantitative estimate of drug-likeness (QED) is 0.828. The molecule has 19 heavy (non-hydrogen) atoms. The highest BCUT2D eigenvalue weighted by atomic mass is 19.1. The summed E-state index contributed by atoms with van der Waals surface area (Å²) in [5.74, 6) is 0.307. The van der Waals surface area contributed by atoms with E-state index in [1.54, 1.807) is 12.1 Å². The second-order valence-electron chi connectivity index (χ2n) is 5.63. The Hall–Kier alpha value is -1.40. The van der Waals surface area contributed by atoms with Crippen LogP contribution in [0.3, 0.4) is 0 Å². The first-order valence-electron chi connectivity index (χ1n) is 7.01. The fourth-order valence-corrected chi connectivity index (χ4v) is 3.13. The van der Waals surface area contributed by atoms with Gasteiger partial charge < -0.3 is 0 Å². The van der Waals surface area contributed by atoms with Crippen molar-refractivity contribution in [3.63, 3.8) is 0 Å². The van der Waals surface area contributed by atoms with Crippen LogP contribution < -0.4 is 0 Å². The maximum Gasteiger partial charge on any atom is 0.145 e. The molecule has 0 radical (unpaired) electrons. The van der Waals surface area contributed by atoms with Crippen molar-refractivity contribution in [2.24, 2.45) is 5.92 Å². The average Bonchev–Trinajstić information content (AvgIpc) is 2.41. The van der Waals surface area contributed by atoms with Crippen LogP contribution in [-0.4, -0.2) is 18.0 Å². The van der Waals surface area contributed by atoms with Crippen LogP contribution in [0.25, 0.3) is 0 Å². The van der Waals surface area contributed by atoms with Crippen LogP contribution in [0.15, 0.2) is 18.2 Å². The molecule has 0 aliphatic heterocycles. The molecule has 0 saturated heterocycles. The Labute approximate surface area is 114 Å². The molecule has 1 aliphatic carbocycles. The number of nitriles is 1. The molecule has 1 aliphatic rings. The van der Waals surface area contributed by atoms with Gasteiger partial charge in [0.25, 0.3) is 0 Å². The molecule has 0 aromatic heterocycles. The van der Waals surface area contributed by atoms with Crippen LogP contribution in [0.2, 0.25) is 0 Å². The number of hydrogen-bond donors (Lipinski definition) is 0. The van der Waals surface area contributed by atoms with Crippen LogP contribution in [0, 0.1) is 23.1 Å². The fraction of sp³-hybridized carbons (Fsp3) is 0.562. The first-order valence-corrected chi connectivity index (χ1v) is 7.01. The average molecular weight is 260 g/mol. The third kappa shape index (κ3) is 3.13. The van der Waals surface area contributed by atoms with Crippen molar-refractivity contribution in [1.82, 2.24) is 4.90 Å². The predicted molar refractivity (Wildman–Crippen MR) is 74.0 cm³/mol. The smallest absolute Gasteiger partial charge is 0.145 e. The van der Waals surface area contributed by atoms with Gasteiger partial charge in [-0.2, -0.15) is 5.26 Å². The molecule has 0 N–H and O–H groups in total. The van der Waals surface area contributed by atoms with Crippen LogP contribution in [0.1, 0.15) is 43.7 Å². The molecule has 2 nitrogen and oxygen atoms in total. The van der Waals surface area contributed by atoms with Gasteiger partial charge in [-0.1, -0.05) is 31.9 Å². The number of nitrogens with zero attached hydrogens (tertiary/aromatic N) is 2. The second kappa shape index (κ2) is 6.16. The Kier molecular flexibility index (Phi) is 4.55. The molecule has 1 aromatic carbocycles. The van der Waals surface area contributed by atoms with Crippen LogP contribution in [-0.2, 0) is 6.54 Å². The molecule has 2 atom stereocenters. The third-order valence-corrected chi connectivity index (χ3v) is 4.25. The summed E-state index contributed by atoms with van der Waals surface area (Å²) in [7, 11) is 2.06. The highest BCUT2D eigenvalue weighted by Gasteiger charge is 2.25. The normalized spacial score (nSPS) is 23.3. The molecule has 0 heterocycles. The highest BCUT2D eigenvalue weighted by molar-refractivity contribution is 5.34. The standard InChI is InChI=1S/C16H21FN2/c1-12-6-3-4-9-15(12)19(2)11-14-8-5-7-13(10-18)16(14)17/h5,7-8,12,15H,3-4,6,9,11H2,1-2H3. The first kappa shape index (κ1) is 14.0. The zero-order valence-corrected chi connectivity index (χ0v) is 11.7. The maximum atomic E-state index is 14.0. The minimum atomic E-state index is -0.361. The predicted octanol–water partition coefficient (Wildman–Crippen LogP) is 3.71. The van der Waals surface area contributed by atoms with E-state index in [1.807, 2.05) is 6.07 Å². The van der Waals surface area contributed by atoms with Crippen molar-refractivity contribution in [1.29, 1.82) is 5.26 Å². The summed E-state index contributed by atoms with van der Waals surface area (Å²) in [4.78, 5) is 2.24. The lowest BCUT2D eigenvalue weighted by Gasteiger charge is -2.36. The van der Waals surface area contributed by atoms with E-state index >= 15 is 0 Å². The molecule has 0 bridgehead atoms. The van der Waals surface area contributed by atoms with E-state index in [2.05, 4.69) is 18.9 Å². The Morgan fingerprint density at radius 1 is 1.37 bits per heavy atom. The highest BCUT2D eigenvalue weighted by Crippen LogP contribution is 2.28. The monoisotopic (exact) mass is 260 g/mol. The zero-order valence-electron chi connectivity index (χ0n) is 11.7. The summed E-state index contributed by atoms with van der Waals surface area (Å²) in [5, 5.41) is 8.86. The van der Waals surface area contributed by atoms with E-state index in [-0.39, 0.29) is 11.4 Å². The number of rotatable bonds is 3. The van der Waals surface area contributed by atoms with Gasteiger partial charge in [-0.25, -0.2) is 4.39 Å². The molecule has 102 valence electrons. The SMILES string of the molecule is CC1CCCCC1N(C)Cc1cccc(C#N)c1F. The molecule has 0 amide bonds. The largest absolute Gasteiger partial charge is 0.299 e. The Balaban J connectivity index is 2.10. The van der Waals surface area contributed by atoms with Crippen molar-refractivity contribution in [3.05, 3.63) is 35.1 Å².